The van der Waals surface area contributed by atoms with Crippen LogP contribution in [0, 0.1) is 0 Å². The molecule has 0 aromatic heterocycles. The van der Waals surface area contributed by atoms with Crippen molar-refractivity contribution in [1.29, 1.82) is 0 Å². The Morgan fingerprint density at radius 3 is 1.74 bits per heavy atom. The maximum Gasteiger partial charge on any atom is 0.197 e. The molecule has 0 saturated carbocycles. The molecule has 0 bridgehead atoms. The highest BCUT2D eigenvalue weighted by molar-refractivity contribution is 6.36. The number of ketones is 2. The molecule has 0 amide bonds. The Morgan fingerprint density at radius 1 is 0.741 bits per heavy atom. The van der Waals surface area contributed by atoms with Crippen molar-refractivity contribution in [3.8, 4) is 0 Å². The summed E-state index contributed by atoms with van der Waals surface area (Å²) in [5.74, 6) is -0.864. The number of azo groups is 1. The number of hydrogen-bond acceptors (Lipinski definition) is 4. The van der Waals surface area contributed by atoms with E-state index < -0.39 is 17.6 Å². The predicted octanol–water partition coefficient (Wildman–Crippen LogP) is 6.21. The minimum atomic E-state index is -1.30. The van der Waals surface area contributed by atoms with Gasteiger partial charge in [-0.2, -0.15) is 10.2 Å². The van der Waals surface area contributed by atoms with E-state index in [9.17, 15) is 9.59 Å². The van der Waals surface area contributed by atoms with Crippen LogP contribution < -0.4 is 0 Å². The number of benzene rings is 3. The van der Waals surface area contributed by atoms with Gasteiger partial charge in [0.15, 0.2) is 17.6 Å². The fourth-order valence-corrected chi connectivity index (χ4v) is 2.87. The standard InChI is InChI=1S/C21H14Cl2N2O2/c22-16-11-12-18(17(23)13-16)24-25-19(20(26)14-7-3-1-4-8-14)21(27)15-9-5-2-6-10-15/h1-13,19H. The van der Waals surface area contributed by atoms with Crippen LogP contribution in [0.5, 0.6) is 0 Å². The topological polar surface area (TPSA) is 58.9 Å². The summed E-state index contributed by atoms with van der Waals surface area (Å²) < 4.78 is 0. The first-order valence-corrected chi connectivity index (χ1v) is 8.86. The van der Waals surface area contributed by atoms with Crippen LogP contribution in [-0.4, -0.2) is 17.6 Å². The molecule has 0 radical (unpaired) electrons. The van der Waals surface area contributed by atoms with E-state index in [4.69, 9.17) is 23.2 Å². The minimum Gasteiger partial charge on any atom is -0.291 e. The molecule has 4 nitrogen and oxygen atoms in total. The summed E-state index contributed by atoms with van der Waals surface area (Å²) in [7, 11) is 0. The van der Waals surface area contributed by atoms with Gasteiger partial charge in [-0.25, -0.2) is 0 Å². The van der Waals surface area contributed by atoms with Gasteiger partial charge in [0.25, 0.3) is 0 Å². The third-order valence-electron chi connectivity index (χ3n) is 3.80. The zero-order valence-electron chi connectivity index (χ0n) is 14.0. The summed E-state index contributed by atoms with van der Waals surface area (Å²) >= 11 is 12.0. The van der Waals surface area contributed by atoms with Crippen LogP contribution in [-0.2, 0) is 0 Å². The first-order chi connectivity index (χ1) is 13.1. The molecule has 3 rings (SSSR count). The third kappa shape index (κ3) is 4.67. The van der Waals surface area contributed by atoms with E-state index in [1.54, 1.807) is 72.8 Å². The second-order valence-electron chi connectivity index (χ2n) is 5.67. The van der Waals surface area contributed by atoms with E-state index in [-0.39, 0.29) is 5.02 Å². The van der Waals surface area contributed by atoms with Gasteiger partial charge in [0.05, 0.1) is 5.02 Å². The van der Waals surface area contributed by atoms with Crippen molar-refractivity contribution in [3.63, 3.8) is 0 Å². The summed E-state index contributed by atoms with van der Waals surface area (Å²) in [6, 6.07) is 20.4. The van der Waals surface area contributed by atoms with Gasteiger partial charge in [0.1, 0.15) is 5.69 Å². The summed E-state index contributed by atoms with van der Waals surface area (Å²) in [5, 5.41) is 8.81. The largest absolute Gasteiger partial charge is 0.291 e. The second-order valence-corrected chi connectivity index (χ2v) is 6.52. The highest BCUT2D eigenvalue weighted by Gasteiger charge is 2.28. The van der Waals surface area contributed by atoms with Gasteiger partial charge in [0, 0.05) is 16.1 Å². The molecular weight excluding hydrogens is 383 g/mol. The van der Waals surface area contributed by atoms with Crippen LogP contribution in [0.3, 0.4) is 0 Å². The Hall–Kier alpha value is -2.82. The molecule has 0 aliphatic rings. The first-order valence-electron chi connectivity index (χ1n) is 8.10. The summed E-state index contributed by atoms with van der Waals surface area (Å²) in [6.45, 7) is 0. The number of nitrogens with zero attached hydrogens (tertiary/aromatic N) is 2. The van der Waals surface area contributed by atoms with E-state index in [1.807, 2.05) is 0 Å². The average molecular weight is 397 g/mol. The van der Waals surface area contributed by atoms with Gasteiger partial charge in [-0.3, -0.25) is 9.59 Å². The van der Waals surface area contributed by atoms with Crippen molar-refractivity contribution in [1.82, 2.24) is 0 Å². The Morgan fingerprint density at radius 2 is 1.26 bits per heavy atom. The average Bonchev–Trinajstić information content (AvgIpc) is 2.70. The van der Waals surface area contributed by atoms with Crippen molar-refractivity contribution in [3.05, 3.63) is 100 Å². The molecule has 134 valence electrons. The molecule has 27 heavy (non-hydrogen) atoms. The van der Waals surface area contributed by atoms with E-state index >= 15 is 0 Å². The van der Waals surface area contributed by atoms with Crippen molar-refractivity contribution in [2.24, 2.45) is 10.2 Å². The van der Waals surface area contributed by atoms with Crippen LogP contribution in [0.1, 0.15) is 20.7 Å². The lowest BCUT2D eigenvalue weighted by Crippen LogP contribution is -2.28. The van der Waals surface area contributed by atoms with Crippen molar-refractivity contribution >= 4 is 40.5 Å². The molecule has 6 heteroatoms. The van der Waals surface area contributed by atoms with Gasteiger partial charge < -0.3 is 0 Å². The fraction of sp³-hybridized carbons (Fsp3) is 0.0476. The number of carbonyl (C=O) groups excluding carboxylic acids is 2. The Bertz CT molecular complexity index is 938. The Kier molecular flexibility index (Phi) is 6.12. The number of carbonyl (C=O) groups is 2. The van der Waals surface area contributed by atoms with Crippen LogP contribution in [0.15, 0.2) is 89.1 Å². The molecule has 3 aromatic carbocycles. The van der Waals surface area contributed by atoms with Gasteiger partial charge in [-0.1, -0.05) is 83.9 Å². The highest BCUT2D eigenvalue weighted by Crippen LogP contribution is 2.28. The lowest BCUT2D eigenvalue weighted by Gasteiger charge is -2.10. The molecule has 3 aromatic rings. The summed E-state index contributed by atoms with van der Waals surface area (Å²) in [5.41, 5.74) is 1.09. The zero-order valence-corrected chi connectivity index (χ0v) is 15.6. The number of rotatable bonds is 6. The quantitative estimate of drug-likeness (QED) is 0.282. The molecular formula is C21H14Cl2N2O2. The number of halogens is 2. The van der Waals surface area contributed by atoms with Crippen molar-refractivity contribution in [2.45, 2.75) is 6.04 Å². The first kappa shape index (κ1) is 19.0. The predicted molar refractivity (Wildman–Crippen MR) is 106 cm³/mol. The lowest BCUT2D eigenvalue weighted by molar-refractivity contribution is 0.0861. The molecule has 0 aliphatic carbocycles. The normalized spacial score (nSPS) is 11.1. The van der Waals surface area contributed by atoms with Gasteiger partial charge >= 0.3 is 0 Å². The minimum absolute atomic E-state index is 0.282. The Balaban J connectivity index is 1.98. The van der Waals surface area contributed by atoms with Gasteiger partial charge in [-0.05, 0) is 18.2 Å². The van der Waals surface area contributed by atoms with Crippen LogP contribution in [0.4, 0.5) is 5.69 Å². The molecule has 0 N–H and O–H groups in total. The van der Waals surface area contributed by atoms with Gasteiger partial charge in [0.2, 0.25) is 0 Å². The maximum atomic E-state index is 12.9. The molecule has 0 saturated heterocycles. The van der Waals surface area contributed by atoms with Crippen molar-refractivity contribution < 1.29 is 9.59 Å². The van der Waals surface area contributed by atoms with Crippen LogP contribution in [0.2, 0.25) is 10.0 Å². The molecule has 0 atom stereocenters. The summed E-state index contributed by atoms with van der Waals surface area (Å²) in [6.07, 6.45) is 0. The molecule has 0 fully saturated rings. The monoisotopic (exact) mass is 396 g/mol. The Labute approximate surface area is 166 Å². The van der Waals surface area contributed by atoms with E-state index in [1.165, 1.54) is 6.07 Å². The molecule has 0 spiro atoms. The second kappa shape index (κ2) is 8.71. The lowest BCUT2D eigenvalue weighted by atomic mass is 9.97. The maximum absolute atomic E-state index is 12.9. The van der Waals surface area contributed by atoms with E-state index in [0.29, 0.717) is 21.8 Å². The van der Waals surface area contributed by atoms with Crippen LogP contribution in [0.25, 0.3) is 0 Å². The van der Waals surface area contributed by atoms with Crippen molar-refractivity contribution in [2.75, 3.05) is 0 Å². The molecule has 0 unspecified atom stereocenters. The zero-order chi connectivity index (χ0) is 19.2. The molecule has 0 heterocycles. The van der Waals surface area contributed by atoms with E-state index in [2.05, 4.69) is 10.2 Å². The molecule has 0 aliphatic heterocycles. The van der Waals surface area contributed by atoms with Gasteiger partial charge in [-0.15, -0.1) is 0 Å². The van der Waals surface area contributed by atoms with Crippen LogP contribution >= 0.6 is 23.2 Å². The SMILES string of the molecule is O=C(c1ccccc1)C(N=Nc1ccc(Cl)cc1Cl)C(=O)c1ccccc1. The number of hydrogen-bond donors (Lipinski definition) is 0. The van der Waals surface area contributed by atoms with E-state index in [0.717, 1.165) is 0 Å². The number of Topliss-reactive ketones (excluding diaryl/α,β-unsaturated/α-hetero) is 2. The highest BCUT2D eigenvalue weighted by atomic mass is 35.5. The third-order valence-corrected chi connectivity index (χ3v) is 4.34. The summed E-state index contributed by atoms with van der Waals surface area (Å²) in [4.78, 5) is 25.8. The fourth-order valence-electron chi connectivity index (χ4n) is 2.43. The smallest absolute Gasteiger partial charge is 0.197 e.